The van der Waals surface area contributed by atoms with E-state index in [2.05, 4.69) is 5.32 Å². The molecule has 0 radical (unpaired) electrons. The molecule has 1 aromatic carbocycles. The highest BCUT2D eigenvalue weighted by Gasteiger charge is 2.39. The Morgan fingerprint density at radius 3 is 2.88 bits per heavy atom. The van der Waals surface area contributed by atoms with Crippen LogP contribution in [0.3, 0.4) is 0 Å². The predicted molar refractivity (Wildman–Crippen MR) is 84.7 cm³/mol. The molecule has 1 aromatic heterocycles. The van der Waals surface area contributed by atoms with Crippen LogP contribution in [-0.4, -0.2) is 22.8 Å². The van der Waals surface area contributed by atoms with Gasteiger partial charge in [0.1, 0.15) is 11.6 Å². The molecule has 124 valence electrons. The summed E-state index contributed by atoms with van der Waals surface area (Å²) in [6.45, 7) is 0.394. The highest BCUT2D eigenvalue weighted by Crippen LogP contribution is 2.37. The predicted octanol–water partition coefficient (Wildman–Crippen LogP) is 3.04. The van der Waals surface area contributed by atoms with Crippen LogP contribution in [0.25, 0.3) is 0 Å². The van der Waals surface area contributed by atoms with Crippen molar-refractivity contribution >= 4 is 17.5 Å². The molecule has 1 atom stereocenters. The number of amides is 2. The molecular formula is C18H17FN2O3. The third-order valence-electron chi connectivity index (χ3n) is 4.53. The Labute approximate surface area is 138 Å². The average Bonchev–Trinajstić information content (AvgIpc) is 3.27. The van der Waals surface area contributed by atoms with Crippen LogP contribution in [0.5, 0.6) is 0 Å². The average molecular weight is 328 g/mol. The van der Waals surface area contributed by atoms with E-state index >= 15 is 0 Å². The fourth-order valence-electron chi connectivity index (χ4n) is 3.20. The number of fused-ring (bicyclic) bond motifs is 1. The lowest BCUT2D eigenvalue weighted by Crippen LogP contribution is -2.39. The molecule has 2 aliphatic rings. The summed E-state index contributed by atoms with van der Waals surface area (Å²) in [6.07, 6.45) is 3.58. The second-order valence-corrected chi connectivity index (χ2v) is 6.31. The fourth-order valence-corrected chi connectivity index (χ4v) is 3.20. The summed E-state index contributed by atoms with van der Waals surface area (Å²) in [7, 11) is 0. The number of rotatable bonds is 4. The van der Waals surface area contributed by atoms with E-state index in [0.29, 0.717) is 17.8 Å². The van der Waals surface area contributed by atoms with Crippen LogP contribution in [-0.2, 0) is 16.1 Å². The molecule has 4 rings (SSSR count). The number of halogens is 1. The van der Waals surface area contributed by atoms with Gasteiger partial charge in [0, 0.05) is 18.2 Å². The molecule has 6 heteroatoms. The summed E-state index contributed by atoms with van der Waals surface area (Å²) in [4.78, 5) is 26.9. The van der Waals surface area contributed by atoms with Gasteiger partial charge in [-0.15, -0.1) is 0 Å². The van der Waals surface area contributed by atoms with E-state index in [9.17, 15) is 14.0 Å². The summed E-state index contributed by atoms with van der Waals surface area (Å²) < 4.78 is 18.8. The van der Waals surface area contributed by atoms with Crippen molar-refractivity contribution in [1.29, 1.82) is 0 Å². The van der Waals surface area contributed by atoms with E-state index in [1.54, 1.807) is 23.3 Å². The molecule has 24 heavy (non-hydrogen) atoms. The zero-order valence-electron chi connectivity index (χ0n) is 13.0. The second kappa shape index (κ2) is 5.78. The first-order valence-corrected chi connectivity index (χ1v) is 8.04. The summed E-state index contributed by atoms with van der Waals surface area (Å²) in [5.41, 5.74) is 1.06. The Balaban J connectivity index is 1.64. The maximum atomic E-state index is 13.4. The van der Waals surface area contributed by atoms with E-state index in [-0.39, 0.29) is 24.3 Å². The molecule has 1 fully saturated rings. The van der Waals surface area contributed by atoms with E-state index in [1.807, 2.05) is 6.07 Å². The molecule has 0 spiro atoms. The number of hydrogen-bond donors (Lipinski definition) is 1. The number of nitrogens with one attached hydrogen (secondary N) is 1. The minimum absolute atomic E-state index is 0.0822. The number of carbonyl (C=O) groups is 2. The molecule has 1 saturated carbocycles. The van der Waals surface area contributed by atoms with Crippen LogP contribution in [0.1, 0.15) is 36.5 Å². The fraction of sp³-hybridized carbons (Fsp3) is 0.333. The van der Waals surface area contributed by atoms with Crippen molar-refractivity contribution in [1.82, 2.24) is 4.90 Å². The maximum absolute atomic E-state index is 13.4. The minimum atomic E-state index is -0.579. The summed E-state index contributed by atoms with van der Waals surface area (Å²) >= 11 is 0. The minimum Gasteiger partial charge on any atom is -0.467 e. The molecule has 5 nitrogen and oxygen atoms in total. The number of benzene rings is 1. The molecule has 0 bridgehead atoms. The molecule has 1 N–H and O–H groups in total. The SMILES string of the molecule is O=C1CC(C(=O)N(Cc2ccco2)C2CC2)c2ccc(F)cc2N1. The first kappa shape index (κ1) is 14.9. The topological polar surface area (TPSA) is 62.6 Å². The van der Waals surface area contributed by atoms with E-state index in [1.165, 1.54) is 12.1 Å². The van der Waals surface area contributed by atoms with Crippen molar-refractivity contribution in [3.63, 3.8) is 0 Å². The number of hydrogen-bond acceptors (Lipinski definition) is 3. The van der Waals surface area contributed by atoms with Crippen molar-refractivity contribution in [2.75, 3.05) is 5.32 Å². The number of nitrogens with zero attached hydrogens (tertiary/aromatic N) is 1. The Hall–Kier alpha value is -2.63. The van der Waals surface area contributed by atoms with E-state index in [0.717, 1.165) is 18.6 Å². The van der Waals surface area contributed by atoms with Crippen molar-refractivity contribution in [3.05, 3.63) is 53.7 Å². The second-order valence-electron chi connectivity index (χ2n) is 6.31. The highest BCUT2D eigenvalue weighted by atomic mass is 19.1. The van der Waals surface area contributed by atoms with Gasteiger partial charge in [-0.2, -0.15) is 0 Å². The molecular weight excluding hydrogens is 311 g/mol. The van der Waals surface area contributed by atoms with Crippen LogP contribution in [0.4, 0.5) is 10.1 Å². The molecule has 1 aliphatic heterocycles. The van der Waals surface area contributed by atoms with Gasteiger partial charge >= 0.3 is 0 Å². The maximum Gasteiger partial charge on any atom is 0.231 e. The number of carbonyl (C=O) groups excluding carboxylic acids is 2. The molecule has 1 aliphatic carbocycles. The lowest BCUT2D eigenvalue weighted by atomic mass is 9.89. The molecule has 2 amide bonds. The van der Waals surface area contributed by atoms with Crippen LogP contribution < -0.4 is 5.32 Å². The summed E-state index contributed by atoms with van der Waals surface area (Å²) in [5, 5.41) is 2.65. The lowest BCUT2D eigenvalue weighted by Gasteiger charge is -2.30. The van der Waals surface area contributed by atoms with Gasteiger partial charge in [-0.25, -0.2) is 4.39 Å². The Morgan fingerprint density at radius 2 is 2.17 bits per heavy atom. The molecule has 2 heterocycles. The van der Waals surface area contributed by atoms with Gasteiger partial charge in [-0.1, -0.05) is 6.07 Å². The molecule has 2 aromatic rings. The normalized spacial score (nSPS) is 19.5. The highest BCUT2D eigenvalue weighted by molar-refractivity contribution is 6.01. The Morgan fingerprint density at radius 1 is 1.33 bits per heavy atom. The zero-order valence-corrected chi connectivity index (χ0v) is 13.0. The van der Waals surface area contributed by atoms with E-state index in [4.69, 9.17) is 4.42 Å². The van der Waals surface area contributed by atoms with Crippen molar-refractivity contribution in [3.8, 4) is 0 Å². The van der Waals surface area contributed by atoms with Gasteiger partial charge in [0.05, 0.1) is 18.7 Å². The lowest BCUT2D eigenvalue weighted by molar-refractivity contribution is -0.136. The van der Waals surface area contributed by atoms with Crippen LogP contribution >= 0.6 is 0 Å². The zero-order chi connectivity index (χ0) is 16.7. The van der Waals surface area contributed by atoms with Crippen LogP contribution in [0, 0.1) is 5.82 Å². The third kappa shape index (κ3) is 2.79. The number of furan rings is 1. The first-order chi connectivity index (χ1) is 11.6. The standard InChI is InChI=1S/C18H17FN2O3/c19-11-3-6-14-15(9-17(22)20-16(14)8-11)18(23)21(12-4-5-12)10-13-2-1-7-24-13/h1-3,6-8,12,15H,4-5,9-10H2,(H,20,22). The van der Waals surface area contributed by atoms with Gasteiger partial charge in [0.2, 0.25) is 11.8 Å². The largest absolute Gasteiger partial charge is 0.467 e. The van der Waals surface area contributed by atoms with E-state index < -0.39 is 11.7 Å². The van der Waals surface area contributed by atoms with Crippen LogP contribution in [0.15, 0.2) is 41.0 Å². The van der Waals surface area contributed by atoms with Gasteiger partial charge in [-0.05, 0) is 42.7 Å². The Kier molecular flexibility index (Phi) is 3.59. The summed E-state index contributed by atoms with van der Waals surface area (Å²) in [5.74, 6) is -0.659. The van der Waals surface area contributed by atoms with Gasteiger partial charge < -0.3 is 14.6 Å². The van der Waals surface area contributed by atoms with Gasteiger partial charge in [0.15, 0.2) is 0 Å². The first-order valence-electron chi connectivity index (χ1n) is 8.04. The smallest absolute Gasteiger partial charge is 0.231 e. The molecule has 1 unspecified atom stereocenters. The monoisotopic (exact) mass is 328 g/mol. The quantitative estimate of drug-likeness (QED) is 0.938. The van der Waals surface area contributed by atoms with Crippen LogP contribution in [0.2, 0.25) is 0 Å². The van der Waals surface area contributed by atoms with Crippen molar-refractivity contribution in [2.24, 2.45) is 0 Å². The molecule has 0 saturated heterocycles. The van der Waals surface area contributed by atoms with Gasteiger partial charge in [0.25, 0.3) is 0 Å². The number of anilines is 1. The van der Waals surface area contributed by atoms with Crippen molar-refractivity contribution < 1.29 is 18.4 Å². The van der Waals surface area contributed by atoms with Gasteiger partial charge in [-0.3, -0.25) is 9.59 Å². The third-order valence-corrected chi connectivity index (χ3v) is 4.53. The van der Waals surface area contributed by atoms with Crippen molar-refractivity contribution in [2.45, 2.75) is 37.8 Å². The Bertz CT molecular complexity index is 784. The summed E-state index contributed by atoms with van der Waals surface area (Å²) in [6, 6.07) is 7.99.